The average Bonchev–Trinajstić information content (AvgIpc) is 3.06. The fourth-order valence-corrected chi connectivity index (χ4v) is 3.82. The topological polar surface area (TPSA) is 46.6 Å². The molecule has 1 aromatic rings. The molecule has 0 radical (unpaired) electrons. The van der Waals surface area contributed by atoms with Gasteiger partial charge < -0.3 is 4.74 Å². The summed E-state index contributed by atoms with van der Waals surface area (Å²) in [6.45, 7) is 0. The molecular formula is C14H12BrNO3. The molecule has 4 rings (SSSR count). The summed E-state index contributed by atoms with van der Waals surface area (Å²) in [6.07, 6.45) is 1.71. The lowest BCUT2D eigenvalue weighted by Gasteiger charge is -2.17. The molecule has 0 aliphatic carbocycles. The molecule has 0 saturated carbocycles. The van der Waals surface area contributed by atoms with E-state index in [1.807, 2.05) is 12.1 Å². The van der Waals surface area contributed by atoms with Gasteiger partial charge in [-0.2, -0.15) is 0 Å². The molecule has 3 aliphatic heterocycles. The quantitative estimate of drug-likeness (QED) is 0.744. The van der Waals surface area contributed by atoms with Crippen molar-refractivity contribution in [3.05, 3.63) is 28.7 Å². The molecule has 0 N–H and O–H groups in total. The molecule has 0 unspecified atom stereocenters. The molecular weight excluding hydrogens is 310 g/mol. The minimum atomic E-state index is -0.255. The van der Waals surface area contributed by atoms with E-state index in [4.69, 9.17) is 4.74 Å². The number of carbonyl (C=O) groups is 2. The minimum Gasteiger partial charge on any atom is -0.373 e. The predicted molar refractivity (Wildman–Crippen MR) is 71.5 cm³/mol. The summed E-state index contributed by atoms with van der Waals surface area (Å²) in [5.41, 5.74) is 0.659. The van der Waals surface area contributed by atoms with Crippen molar-refractivity contribution in [2.45, 2.75) is 25.0 Å². The summed E-state index contributed by atoms with van der Waals surface area (Å²) in [5.74, 6) is -0.696. The zero-order valence-corrected chi connectivity index (χ0v) is 11.7. The van der Waals surface area contributed by atoms with Crippen LogP contribution in [-0.2, 0) is 14.3 Å². The highest BCUT2D eigenvalue weighted by Gasteiger charge is 2.62. The van der Waals surface area contributed by atoms with Gasteiger partial charge in [-0.15, -0.1) is 0 Å². The SMILES string of the molecule is O=C1[C@@H]2[C@H](C(=O)N1c1ccc(Br)cc1)[C@H]1CC[C@@H]2O1. The van der Waals surface area contributed by atoms with E-state index in [9.17, 15) is 9.59 Å². The largest absolute Gasteiger partial charge is 0.373 e. The van der Waals surface area contributed by atoms with Gasteiger partial charge in [-0.05, 0) is 37.1 Å². The van der Waals surface area contributed by atoms with Crippen molar-refractivity contribution < 1.29 is 14.3 Å². The number of imide groups is 1. The Balaban J connectivity index is 1.73. The van der Waals surface area contributed by atoms with Crippen LogP contribution < -0.4 is 4.90 Å². The van der Waals surface area contributed by atoms with Gasteiger partial charge in [0.2, 0.25) is 11.8 Å². The second-order valence-electron chi connectivity index (χ2n) is 5.33. The van der Waals surface area contributed by atoms with Crippen molar-refractivity contribution >= 4 is 33.4 Å². The molecule has 3 saturated heterocycles. The molecule has 3 aliphatic rings. The van der Waals surface area contributed by atoms with E-state index in [-0.39, 0.29) is 35.9 Å². The van der Waals surface area contributed by atoms with Crippen LogP contribution in [0.4, 0.5) is 5.69 Å². The Hall–Kier alpha value is -1.20. The first kappa shape index (κ1) is 11.6. The van der Waals surface area contributed by atoms with E-state index in [1.165, 1.54) is 4.90 Å². The van der Waals surface area contributed by atoms with Crippen LogP contribution in [-0.4, -0.2) is 24.0 Å². The second-order valence-corrected chi connectivity index (χ2v) is 6.25. The van der Waals surface area contributed by atoms with Crippen molar-refractivity contribution in [3.8, 4) is 0 Å². The van der Waals surface area contributed by atoms with Gasteiger partial charge in [0.05, 0.1) is 29.7 Å². The maximum Gasteiger partial charge on any atom is 0.240 e. The highest BCUT2D eigenvalue weighted by molar-refractivity contribution is 9.10. The number of halogens is 1. The molecule has 5 heteroatoms. The Bertz CT molecular complexity index is 543. The summed E-state index contributed by atoms with van der Waals surface area (Å²) >= 11 is 3.35. The maximum absolute atomic E-state index is 12.5. The molecule has 19 heavy (non-hydrogen) atoms. The number of amides is 2. The van der Waals surface area contributed by atoms with Gasteiger partial charge in [-0.1, -0.05) is 15.9 Å². The Kier molecular flexibility index (Phi) is 2.38. The molecule has 0 aromatic heterocycles. The number of hydrogen-bond acceptors (Lipinski definition) is 3. The van der Waals surface area contributed by atoms with Gasteiger partial charge in [-0.3, -0.25) is 9.59 Å². The van der Waals surface area contributed by atoms with E-state index >= 15 is 0 Å². The Morgan fingerprint density at radius 1 is 1.00 bits per heavy atom. The van der Waals surface area contributed by atoms with E-state index < -0.39 is 0 Å². The lowest BCUT2D eigenvalue weighted by molar-refractivity contribution is -0.124. The summed E-state index contributed by atoms with van der Waals surface area (Å²) in [4.78, 5) is 26.3. The van der Waals surface area contributed by atoms with Crippen LogP contribution in [0.1, 0.15) is 12.8 Å². The standard InChI is InChI=1S/C14H12BrNO3/c15-7-1-3-8(4-2-7)16-13(17)11-9-5-6-10(19-9)12(11)14(16)18/h1-4,9-12H,5-6H2/t9-,10+,11-,12+. The van der Waals surface area contributed by atoms with Gasteiger partial charge in [0.1, 0.15) is 0 Å². The highest BCUT2D eigenvalue weighted by atomic mass is 79.9. The number of nitrogens with zero attached hydrogens (tertiary/aromatic N) is 1. The third-order valence-electron chi connectivity index (χ3n) is 4.37. The van der Waals surface area contributed by atoms with Gasteiger partial charge in [0, 0.05) is 4.47 Å². The molecule has 0 spiro atoms. The number of rotatable bonds is 1. The second kappa shape index (κ2) is 3.90. The van der Waals surface area contributed by atoms with Gasteiger partial charge in [-0.25, -0.2) is 4.90 Å². The summed E-state index contributed by atoms with van der Waals surface area (Å²) < 4.78 is 6.64. The first-order valence-electron chi connectivity index (χ1n) is 6.45. The number of carbonyl (C=O) groups excluding carboxylic acids is 2. The van der Waals surface area contributed by atoms with Crippen molar-refractivity contribution in [2.24, 2.45) is 11.8 Å². The van der Waals surface area contributed by atoms with Crippen molar-refractivity contribution in [3.63, 3.8) is 0 Å². The lowest BCUT2D eigenvalue weighted by atomic mass is 9.81. The van der Waals surface area contributed by atoms with Crippen molar-refractivity contribution in [2.75, 3.05) is 4.90 Å². The first-order chi connectivity index (χ1) is 9.16. The van der Waals surface area contributed by atoms with Crippen LogP contribution in [0.15, 0.2) is 28.7 Å². The Labute approximate surface area is 118 Å². The number of anilines is 1. The van der Waals surface area contributed by atoms with Gasteiger partial charge >= 0.3 is 0 Å². The monoisotopic (exact) mass is 321 g/mol. The van der Waals surface area contributed by atoms with Crippen molar-refractivity contribution in [1.29, 1.82) is 0 Å². The molecule has 2 bridgehead atoms. The molecule has 4 atom stereocenters. The molecule has 4 nitrogen and oxygen atoms in total. The van der Waals surface area contributed by atoms with Crippen LogP contribution in [0.2, 0.25) is 0 Å². The summed E-state index contributed by atoms with van der Waals surface area (Å²) in [5, 5.41) is 0. The van der Waals surface area contributed by atoms with Crippen LogP contribution >= 0.6 is 15.9 Å². The molecule has 2 amide bonds. The predicted octanol–water partition coefficient (Wildman–Crippen LogP) is 2.12. The van der Waals surface area contributed by atoms with Crippen LogP contribution in [0.3, 0.4) is 0 Å². The lowest BCUT2D eigenvalue weighted by Crippen LogP contribution is -2.34. The summed E-state index contributed by atoms with van der Waals surface area (Å²) in [6, 6.07) is 7.28. The van der Waals surface area contributed by atoms with Crippen LogP contribution in [0, 0.1) is 11.8 Å². The maximum atomic E-state index is 12.5. The van der Waals surface area contributed by atoms with E-state index in [2.05, 4.69) is 15.9 Å². The van der Waals surface area contributed by atoms with E-state index in [0.717, 1.165) is 17.3 Å². The highest BCUT2D eigenvalue weighted by Crippen LogP contribution is 2.49. The van der Waals surface area contributed by atoms with Crippen LogP contribution in [0.25, 0.3) is 0 Å². The van der Waals surface area contributed by atoms with Gasteiger partial charge in [0.25, 0.3) is 0 Å². The summed E-state index contributed by atoms with van der Waals surface area (Å²) in [7, 11) is 0. The van der Waals surface area contributed by atoms with E-state index in [0.29, 0.717) is 5.69 Å². The molecule has 1 aromatic carbocycles. The zero-order valence-electron chi connectivity index (χ0n) is 10.1. The van der Waals surface area contributed by atoms with Crippen LogP contribution in [0.5, 0.6) is 0 Å². The third kappa shape index (κ3) is 1.48. The Morgan fingerprint density at radius 2 is 1.53 bits per heavy atom. The smallest absolute Gasteiger partial charge is 0.240 e. The van der Waals surface area contributed by atoms with E-state index in [1.54, 1.807) is 12.1 Å². The number of fused-ring (bicyclic) bond motifs is 5. The minimum absolute atomic E-state index is 0.0492. The molecule has 3 heterocycles. The average molecular weight is 322 g/mol. The molecule has 98 valence electrons. The zero-order chi connectivity index (χ0) is 13.1. The Morgan fingerprint density at radius 3 is 2.05 bits per heavy atom. The first-order valence-corrected chi connectivity index (χ1v) is 7.25. The molecule has 3 fully saturated rings. The van der Waals surface area contributed by atoms with Gasteiger partial charge in [0.15, 0.2) is 0 Å². The number of hydrogen-bond donors (Lipinski definition) is 0. The number of benzene rings is 1. The third-order valence-corrected chi connectivity index (χ3v) is 4.90. The van der Waals surface area contributed by atoms with Crippen molar-refractivity contribution in [1.82, 2.24) is 0 Å². The number of ether oxygens (including phenoxy) is 1. The fraction of sp³-hybridized carbons (Fsp3) is 0.429. The fourth-order valence-electron chi connectivity index (χ4n) is 3.56. The normalized spacial score (nSPS) is 36.2.